The number of hydrogen-bond donors (Lipinski definition) is 1. The Kier molecular flexibility index (Phi) is 5.72. The van der Waals surface area contributed by atoms with Crippen molar-refractivity contribution >= 4 is 17.9 Å². The second kappa shape index (κ2) is 7.75. The molecule has 0 fully saturated rings. The number of rotatable bonds is 0. The van der Waals surface area contributed by atoms with E-state index in [1.807, 2.05) is 37.3 Å². The summed E-state index contributed by atoms with van der Waals surface area (Å²) in [5, 5.41) is 4.12. The molecule has 0 saturated heterocycles. The third-order valence-electron chi connectivity index (χ3n) is 3.47. The molecule has 1 aliphatic heterocycles. The zero-order valence-corrected chi connectivity index (χ0v) is 13.0. The Labute approximate surface area is 130 Å². The van der Waals surface area contributed by atoms with Crippen molar-refractivity contribution in [3.63, 3.8) is 0 Å². The van der Waals surface area contributed by atoms with Gasteiger partial charge < -0.3 is 5.32 Å². The van der Waals surface area contributed by atoms with E-state index in [4.69, 9.17) is 4.84 Å². The molecule has 1 N–H and O–H groups in total. The average Bonchev–Trinajstić information content (AvgIpc) is 2.51. The lowest BCUT2D eigenvalue weighted by molar-refractivity contribution is -0.179. The molecule has 22 heavy (non-hydrogen) atoms. The molecule has 1 atom stereocenters. The minimum Gasteiger partial charge on any atom is -0.347 e. The Bertz CT molecular complexity index is 569. The van der Waals surface area contributed by atoms with Crippen LogP contribution in [-0.4, -0.2) is 36.6 Å². The largest absolute Gasteiger partial charge is 0.347 e. The lowest BCUT2D eigenvalue weighted by atomic mass is 10.1. The summed E-state index contributed by atoms with van der Waals surface area (Å²) < 4.78 is 0. The zero-order chi connectivity index (χ0) is 15.9. The van der Waals surface area contributed by atoms with Gasteiger partial charge in [-0.15, -0.1) is 0 Å². The van der Waals surface area contributed by atoms with Crippen molar-refractivity contribution in [3.05, 3.63) is 41.5 Å². The number of carbonyl (C=O) groups excluding carboxylic acids is 2. The average molecular weight is 302 g/mol. The van der Waals surface area contributed by atoms with E-state index in [0.717, 1.165) is 18.4 Å². The first-order valence-corrected chi connectivity index (χ1v) is 7.53. The molecule has 0 saturated carbocycles. The van der Waals surface area contributed by atoms with E-state index < -0.39 is 0 Å². The lowest BCUT2D eigenvalue weighted by Gasteiger charge is -2.20. The van der Waals surface area contributed by atoms with Crippen LogP contribution in [-0.2, 0) is 9.63 Å². The summed E-state index contributed by atoms with van der Waals surface area (Å²) in [6.07, 6.45) is 6.03. The van der Waals surface area contributed by atoms with Gasteiger partial charge in [-0.05, 0) is 37.5 Å². The highest BCUT2D eigenvalue weighted by atomic mass is 16.7. The first kappa shape index (κ1) is 16.2. The van der Waals surface area contributed by atoms with Gasteiger partial charge in [0.2, 0.25) is 5.91 Å². The van der Waals surface area contributed by atoms with Crippen LogP contribution in [0.3, 0.4) is 0 Å². The van der Waals surface area contributed by atoms with Gasteiger partial charge in [0.15, 0.2) is 0 Å². The predicted octanol–water partition coefficient (Wildman–Crippen LogP) is 2.39. The van der Waals surface area contributed by atoms with E-state index in [1.54, 1.807) is 13.1 Å². The highest BCUT2D eigenvalue weighted by Gasteiger charge is 2.14. The number of fused-ring (bicyclic) bond motifs is 2. The predicted molar refractivity (Wildman–Crippen MR) is 85.0 cm³/mol. The van der Waals surface area contributed by atoms with Gasteiger partial charge >= 0.3 is 0 Å². The topological polar surface area (TPSA) is 58.6 Å². The highest BCUT2D eigenvalue weighted by Crippen LogP contribution is 2.10. The Morgan fingerprint density at radius 3 is 2.95 bits per heavy atom. The minimum absolute atomic E-state index is 0.0534. The fraction of sp³-hybridized carbons (Fsp3) is 0.412. The number of hydrogen-bond acceptors (Lipinski definition) is 3. The number of benzene rings is 1. The molecule has 1 aromatic rings. The van der Waals surface area contributed by atoms with Gasteiger partial charge in [-0.1, -0.05) is 24.3 Å². The zero-order valence-electron chi connectivity index (χ0n) is 13.0. The van der Waals surface area contributed by atoms with Gasteiger partial charge in [0.1, 0.15) is 0 Å². The molecular weight excluding hydrogens is 280 g/mol. The molecule has 0 spiro atoms. The summed E-state index contributed by atoms with van der Waals surface area (Å²) in [7, 11) is 1.61. The molecule has 1 aliphatic rings. The van der Waals surface area contributed by atoms with E-state index in [9.17, 15) is 9.59 Å². The molecule has 5 heteroatoms. The third kappa shape index (κ3) is 4.70. The number of allylic oxidation sites excluding steroid dienone is 1. The lowest BCUT2D eigenvalue weighted by Crippen LogP contribution is -2.39. The van der Waals surface area contributed by atoms with Crippen LogP contribution in [0.25, 0.3) is 6.08 Å². The molecule has 0 aromatic heterocycles. The summed E-state index contributed by atoms with van der Waals surface area (Å²) in [4.78, 5) is 29.5. The summed E-state index contributed by atoms with van der Waals surface area (Å²) >= 11 is 0. The molecule has 2 amide bonds. The van der Waals surface area contributed by atoms with Crippen LogP contribution < -0.4 is 5.32 Å². The normalized spacial score (nSPS) is 22.5. The number of hydroxylamine groups is 2. The summed E-state index contributed by atoms with van der Waals surface area (Å²) in [6, 6.07) is 7.28. The smallest absolute Gasteiger partial charge is 0.251 e. The van der Waals surface area contributed by atoms with Gasteiger partial charge in [0, 0.05) is 19.0 Å². The first-order valence-electron chi connectivity index (χ1n) is 7.53. The molecule has 118 valence electrons. The van der Waals surface area contributed by atoms with Crippen molar-refractivity contribution in [1.82, 2.24) is 10.4 Å². The van der Waals surface area contributed by atoms with Crippen molar-refractivity contribution in [1.29, 1.82) is 0 Å². The van der Waals surface area contributed by atoms with Crippen molar-refractivity contribution in [2.45, 2.75) is 32.2 Å². The summed E-state index contributed by atoms with van der Waals surface area (Å²) in [6.45, 7) is 2.10. The monoisotopic (exact) mass is 302 g/mol. The van der Waals surface area contributed by atoms with Crippen molar-refractivity contribution in [3.8, 4) is 0 Å². The second-order valence-electron chi connectivity index (χ2n) is 5.48. The van der Waals surface area contributed by atoms with Gasteiger partial charge in [0.05, 0.1) is 12.6 Å². The van der Waals surface area contributed by atoms with E-state index in [-0.39, 0.29) is 24.5 Å². The van der Waals surface area contributed by atoms with Crippen molar-refractivity contribution in [2.24, 2.45) is 0 Å². The fourth-order valence-corrected chi connectivity index (χ4v) is 2.18. The van der Waals surface area contributed by atoms with E-state index in [0.29, 0.717) is 12.0 Å². The van der Waals surface area contributed by atoms with Crippen LogP contribution >= 0.6 is 0 Å². The SMILES string of the molecule is C[C@@H]1CON(C)C(=O)CCC/C=C\c2cccc(c2)C(=O)N1. The number of amides is 2. The molecule has 2 bridgehead atoms. The Hall–Kier alpha value is -2.14. The number of nitrogens with one attached hydrogen (secondary N) is 1. The van der Waals surface area contributed by atoms with Gasteiger partial charge in [-0.25, -0.2) is 5.06 Å². The molecular formula is C17H22N2O3. The minimum atomic E-state index is -0.188. The maximum atomic E-state index is 12.2. The van der Waals surface area contributed by atoms with Crippen LogP contribution in [0.4, 0.5) is 0 Å². The van der Waals surface area contributed by atoms with Gasteiger partial charge in [0.25, 0.3) is 5.91 Å². The molecule has 5 nitrogen and oxygen atoms in total. The molecule has 0 radical (unpaired) electrons. The third-order valence-corrected chi connectivity index (χ3v) is 3.47. The van der Waals surface area contributed by atoms with Gasteiger partial charge in [-0.2, -0.15) is 0 Å². The van der Waals surface area contributed by atoms with Crippen LogP contribution in [0, 0.1) is 0 Å². The molecule has 1 heterocycles. The Balaban J connectivity index is 2.15. The Morgan fingerprint density at radius 2 is 2.14 bits per heavy atom. The molecule has 0 unspecified atom stereocenters. The maximum absolute atomic E-state index is 12.2. The quantitative estimate of drug-likeness (QED) is 0.800. The first-order chi connectivity index (χ1) is 10.6. The standard InChI is InChI=1S/C17H22N2O3/c1-13-12-22-19(2)16(20)10-5-3-4-7-14-8-6-9-15(11-14)17(21)18-13/h4,6-9,11,13H,3,5,10,12H2,1-2H3,(H,18,21)/b7-4-/t13-/m1/s1. The van der Waals surface area contributed by atoms with Crippen LogP contribution in [0.1, 0.15) is 42.1 Å². The fourth-order valence-electron chi connectivity index (χ4n) is 2.18. The molecule has 1 aromatic carbocycles. The van der Waals surface area contributed by atoms with E-state index >= 15 is 0 Å². The van der Waals surface area contributed by atoms with Crippen LogP contribution in [0.2, 0.25) is 0 Å². The summed E-state index contributed by atoms with van der Waals surface area (Å²) in [5.74, 6) is -0.197. The highest BCUT2D eigenvalue weighted by molar-refractivity contribution is 5.94. The maximum Gasteiger partial charge on any atom is 0.251 e. The molecule has 2 rings (SSSR count). The van der Waals surface area contributed by atoms with Crippen LogP contribution in [0.15, 0.2) is 30.3 Å². The van der Waals surface area contributed by atoms with E-state index in [2.05, 4.69) is 5.32 Å². The van der Waals surface area contributed by atoms with Crippen LogP contribution in [0.5, 0.6) is 0 Å². The number of nitrogens with zero attached hydrogens (tertiary/aromatic N) is 1. The Morgan fingerprint density at radius 1 is 1.32 bits per heavy atom. The van der Waals surface area contributed by atoms with E-state index in [1.165, 1.54) is 5.06 Å². The second-order valence-corrected chi connectivity index (χ2v) is 5.48. The molecule has 0 aliphatic carbocycles. The van der Waals surface area contributed by atoms with Crippen molar-refractivity contribution in [2.75, 3.05) is 13.7 Å². The summed E-state index contributed by atoms with van der Waals surface area (Å²) in [5.41, 5.74) is 1.60. The van der Waals surface area contributed by atoms with Gasteiger partial charge in [-0.3, -0.25) is 14.4 Å². The number of carbonyl (C=O) groups is 2. The van der Waals surface area contributed by atoms with Crippen molar-refractivity contribution < 1.29 is 14.4 Å².